The summed E-state index contributed by atoms with van der Waals surface area (Å²) >= 11 is 0. The van der Waals surface area contributed by atoms with Gasteiger partial charge in [0.2, 0.25) is 0 Å². The molecule has 0 heterocycles. The van der Waals surface area contributed by atoms with Gasteiger partial charge in [-0.3, -0.25) is 4.79 Å². The standard InChI is InChI=1S/C10H18O/c1-3-8(2)10(11)7-9-5-4-6-9/h8-9H,3-7H2,1-2H3. The molecule has 0 aromatic rings. The Morgan fingerprint density at radius 1 is 1.55 bits per heavy atom. The zero-order valence-electron chi connectivity index (χ0n) is 7.60. The predicted octanol–water partition coefficient (Wildman–Crippen LogP) is 2.79. The Kier molecular flexibility index (Phi) is 3.10. The Morgan fingerprint density at radius 2 is 2.18 bits per heavy atom. The van der Waals surface area contributed by atoms with E-state index >= 15 is 0 Å². The number of carbonyl (C=O) groups is 1. The third-order valence-electron chi connectivity index (χ3n) is 2.88. The summed E-state index contributed by atoms with van der Waals surface area (Å²) in [6, 6.07) is 0. The first-order valence-electron chi connectivity index (χ1n) is 4.76. The fourth-order valence-electron chi connectivity index (χ4n) is 1.41. The van der Waals surface area contributed by atoms with Gasteiger partial charge in [-0.05, 0) is 12.3 Å². The largest absolute Gasteiger partial charge is 0.299 e. The number of Topliss-reactive ketones (excluding diaryl/α,β-unsaturated/α-hetero) is 1. The molecule has 0 aliphatic heterocycles. The van der Waals surface area contributed by atoms with Gasteiger partial charge in [0.25, 0.3) is 0 Å². The van der Waals surface area contributed by atoms with Crippen molar-refractivity contribution in [1.29, 1.82) is 0 Å². The topological polar surface area (TPSA) is 17.1 Å². The van der Waals surface area contributed by atoms with Crippen LogP contribution >= 0.6 is 0 Å². The Labute approximate surface area is 69.2 Å². The maximum absolute atomic E-state index is 11.4. The molecule has 1 aliphatic carbocycles. The second kappa shape index (κ2) is 3.89. The first-order chi connectivity index (χ1) is 5.24. The monoisotopic (exact) mass is 154 g/mol. The summed E-state index contributed by atoms with van der Waals surface area (Å²) in [5.74, 6) is 1.53. The lowest BCUT2D eigenvalue weighted by molar-refractivity contribution is -0.123. The van der Waals surface area contributed by atoms with E-state index in [1.165, 1.54) is 19.3 Å². The van der Waals surface area contributed by atoms with Gasteiger partial charge < -0.3 is 0 Å². The minimum atomic E-state index is 0.301. The number of rotatable bonds is 4. The maximum Gasteiger partial charge on any atom is 0.135 e. The van der Waals surface area contributed by atoms with Crippen LogP contribution in [0.3, 0.4) is 0 Å². The molecule has 0 saturated heterocycles. The maximum atomic E-state index is 11.4. The summed E-state index contributed by atoms with van der Waals surface area (Å²) in [5, 5.41) is 0. The van der Waals surface area contributed by atoms with Crippen LogP contribution in [0.25, 0.3) is 0 Å². The van der Waals surface area contributed by atoms with Crippen molar-refractivity contribution in [2.24, 2.45) is 11.8 Å². The lowest BCUT2D eigenvalue weighted by atomic mass is 9.80. The van der Waals surface area contributed by atoms with Crippen LogP contribution in [0.15, 0.2) is 0 Å². The van der Waals surface area contributed by atoms with Gasteiger partial charge in [-0.2, -0.15) is 0 Å². The van der Waals surface area contributed by atoms with Crippen LogP contribution in [0.1, 0.15) is 46.0 Å². The molecule has 11 heavy (non-hydrogen) atoms. The Morgan fingerprint density at radius 3 is 2.55 bits per heavy atom. The van der Waals surface area contributed by atoms with Gasteiger partial charge in [-0.15, -0.1) is 0 Å². The molecule has 0 radical (unpaired) electrons. The van der Waals surface area contributed by atoms with Gasteiger partial charge in [0, 0.05) is 12.3 Å². The van der Waals surface area contributed by atoms with Crippen LogP contribution in [-0.2, 0) is 4.79 Å². The zero-order valence-corrected chi connectivity index (χ0v) is 7.60. The molecule has 0 aromatic heterocycles. The molecule has 1 saturated carbocycles. The second-order valence-corrected chi connectivity index (χ2v) is 3.78. The fraction of sp³-hybridized carbons (Fsp3) is 0.900. The number of hydrogen-bond acceptors (Lipinski definition) is 1. The number of carbonyl (C=O) groups excluding carboxylic acids is 1. The highest BCUT2D eigenvalue weighted by Gasteiger charge is 2.22. The lowest BCUT2D eigenvalue weighted by Gasteiger charge is -2.25. The van der Waals surface area contributed by atoms with E-state index in [-0.39, 0.29) is 0 Å². The molecule has 1 fully saturated rings. The minimum absolute atomic E-state index is 0.301. The first kappa shape index (κ1) is 8.76. The van der Waals surface area contributed by atoms with Crippen LogP contribution in [0.2, 0.25) is 0 Å². The van der Waals surface area contributed by atoms with E-state index in [0.717, 1.165) is 18.8 Å². The molecule has 1 heteroatoms. The molecule has 64 valence electrons. The van der Waals surface area contributed by atoms with Crippen molar-refractivity contribution in [3.63, 3.8) is 0 Å². The van der Waals surface area contributed by atoms with Crippen molar-refractivity contribution < 1.29 is 4.79 Å². The van der Waals surface area contributed by atoms with Crippen molar-refractivity contribution in [2.45, 2.75) is 46.0 Å². The fourth-order valence-corrected chi connectivity index (χ4v) is 1.41. The van der Waals surface area contributed by atoms with Crippen molar-refractivity contribution in [3.05, 3.63) is 0 Å². The van der Waals surface area contributed by atoms with Crippen LogP contribution in [0.5, 0.6) is 0 Å². The van der Waals surface area contributed by atoms with Gasteiger partial charge in [0.15, 0.2) is 0 Å². The van der Waals surface area contributed by atoms with Gasteiger partial charge in [0.05, 0.1) is 0 Å². The molecular formula is C10H18O. The second-order valence-electron chi connectivity index (χ2n) is 3.78. The SMILES string of the molecule is CCC(C)C(=O)CC1CCC1. The molecule has 1 aliphatic rings. The molecule has 1 nitrogen and oxygen atoms in total. The van der Waals surface area contributed by atoms with E-state index in [0.29, 0.717) is 11.7 Å². The van der Waals surface area contributed by atoms with E-state index in [9.17, 15) is 4.79 Å². The van der Waals surface area contributed by atoms with E-state index in [2.05, 4.69) is 6.92 Å². The Hall–Kier alpha value is -0.330. The predicted molar refractivity (Wildman–Crippen MR) is 46.4 cm³/mol. The smallest absolute Gasteiger partial charge is 0.135 e. The molecule has 0 spiro atoms. The molecule has 0 bridgehead atoms. The first-order valence-corrected chi connectivity index (χ1v) is 4.76. The summed E-state index contributed by atoms with van der Waals surface area (Å²) in [5.41, 5.74) is 0. The molecule has 1 unspecified atom stereocenters. The normalized spacial score (nSPS) is 20.9. The Bertz CT molecular complexity index is 136. The quantitative estimate of drug-likeness (QED) is 0.608. The van der Waals surface area contributed by atoms with Gasteiger partial charge in [-0.1, -0.05) is 33.1 Å². The average molecular weight is 154 g/mol. The van der Waals surface area contributed by atoms with E-state index in [4.69, 9.17) is 0 Å². The summed E-state index contributed by atoms with van der Waals surface area (Å²) in [4.78, 5) is 11.4. The van der Waals surface area contributed by atoms with Gasteiger partial charge in [0.1, 0.15) is 5.78 Å². The highest BCUT2D eigenvalue weighted by atomic mass is 16.1. The van der Waals surface area contributed by atoms with E-state index in [1.807, 2.05) is 6.92 Å². The molecular weight excluding hydrogens is 136 g/mol. The van der Waals surface area contributed by atoms with Crippen LogP contribution in [0, 0.1) is 11.8 Å². The van der Waals surface area contributed by atoms with Crippen molar-refractivity contribution in [1.82, 2.24) is 0 Å². The summed E-state index contributed by atoms with van der Waals surface area (Å²) in [6.45, 7) is 4.13. The highest BCUT2D eigenvalue weighted by Crippen LogP contribution is 2.30. The van der Waals surface area contributed by atoms with Gasteiger partial charge >= 0.3 is 0 Å². The van der Waals surface area contributed by atoms with Crippen molar-refractivity contribution in [2.75, 3.05) is 0 Å². The van der Waals surface area contributed by atoms with Crippen LogP contribution in [0.4, 0.5) is 0 Å². The number of hydrogen-bond donors (Lipinski definition) is 0. The van der Waals surface area contributed by atoms with Gasteiger partial charge in [-0.25, -0.2) is 0 Å². The van der Waals surface area contributed by atoms with Crippen LogP contribution < -0.4 is 0 Å². The molecule has 0 amide bonds. The third kappa shape index (κ3) is 2.32. The summed E-state index contributed by atoms with van der Waals surface area (Å²) in [6.07, 6.45) is 5.80. The van der Waals surface area contributed by atoms with E-state index in [1.54, 1.807) is 0 Å². The Balaban J connectivity index is 2.19. The molecule has 0 aromatic carbocycles. The number of ketones is 1. The third-order valence-corrected chi connectivity index (χ3v) is 2.88. The summed E-state index contributed by atoms with van der Waals surface area (Å²) in [7, 11) is 0. The summed E-state index contributed by atoms with van der Waals surface area (Å²) < 4.78 is 0. The average Bonchev–Trinajstić information content (AvgIpc) is 1.94. The zero-order chi connectivity index (χ0) is 8.27. The molecule has 1 rings (SSSR count). The molecule has 1 atom stereocenters. The van der Waals surface area contributed by atoms with Crippen molar-refractivity contribution in [3.8, 4) is 0 Å². The lowest BCUT2D eigenvalue weighted by Crippen LogP contribution is -2.19. The van der Waals surface area contributed by atoms with E-state index < -0.39 is 0 Å². The highest BCUT2D eigenvalue weighted by molar-refractivity contribution is 5.80. The molecule has 0 N–H and O–H groups in total. The van der Waals surface area contributed by atoms with Crippen molar-refractivity contribution >= 4 is 5.78 Å². The minimum Gasteiger partial charge on any atom is -0.299 e. The van der Waals surface area contributed by atoms with Crippen LogP contribution in [-0.4, -0.2) is 5.78 Å².